The number of aliphatic carboxylic acids is 1. The molecule has 0 saturated carbocycles. The third-order valence-electron chi connectivity index (χ3n) is 2.12. The molecule has 0 spiro atoms. The highest BCUT2D eigenvalue weighted by Gasteiger charge is 2.13. The molecule has 0 saturated heterocycles. The van der Waals surface area contributed by atoms with Crippen LogP contribution in [0.25, 0.3) is 0 Å². The smallest absolute Gasteiger partial charge is 0.306 e. The normalized spacial score (nSPS) is 11.8. The van der Waals surface area contributed by atoms with Crippen LogP contribution in [-0.4, -0.2) is 11.1 Å². The third kappa shape index (κ3) is 3.07. The van der Waals surface area contributed by atoms with Gasteiger partial charge in [-0.3, -0.25) is 4.79 Å². The Hall–Kier alpha value is -1.34. The van der Waals surface area contributed by atoms with Gasteiger partial charge in [-0.2, -0.15) is 5.26 Å². The predicted molar refractivity (Wildman–Crippen MR) is 59.4 cm³/mol. The molecule has 1 rings (SSSR count). The van der Waals surface area contributed by atoms with E-state index in [-0.39, 0.29) is 0 Å². The molecule has 0 aromatic heterocycles. The zero-order valence-corrected chi connectivity index (χ0v) is 9.78. The quantitative estimate of drug-likeness (QED) is 0.916. The molecule has 0 aliphatic carbocycles. The van der Waals surface area contributed by atoms with Gasteiger partial charge in [-0.1, -0.05) is 22.9 Å². The summed E-state index contributed by atoms with van der Waals surface area (Å²) >= 11 is 3.33. The van der Waals surface area contributed by atoms with Crippen LogP contribution in [0.5, 0.6) is 0 Å². The number of nitrogens with zero attached hydrogens (tertiary/aromatic N) is 1. The molecule has 1 aromatic carbocycles. The first-order chi connectivity index (χ1) is 7.04. The van der Waals surface area contributed by atoms with Crippen molar-refractivity contribution in [1.82, 2.24) is 0 Å². The second-order valence-electron chi connectivity index (χ2n) is 3.36. The van der Waals surface area contributed by atoms with Gasteiger partial charge in [0.2, 0.25) is 0 Å². The van der Waals surface area contributed by atoms with E-state index in [1.54, 1.807) is 25.1 Å². The Labute approximate surface area is 96.5 Å². The topological polar surface area (TPSA) is 61.1 Å². The van der Waals surface area contributed by atoms with Gasteiger partial charge in [0.1, 0.15) is 0 Å². The minimum absolute atomic E-state index is 0.422. The molecular weight excluding hydrogens is 258 g/mol. The fourth-order valence-electron chi connectivity index (χ4n) is 1.22. The average molecular weight is 268 g/mol. The van der Waals surface area contributed by atoms with E-state index in [1.807, 2.05) is 6.07 Å². The molecule has 1 unspecified atom stereocenters. The Bertz CT molecular complexity index is 423. The Morgan fingerprint density at radius 1 is 1.67 bits per heavy atom. The average Bonchev–Trinajstić information content (AvgIpc) is 2.21. The molecule has 0 aliphatic heterocycles. The molecule has 0 heterocycles. The molecule has 1 atom stereocenters. The van der Waals surface area contributed by atoms with Gasteiger partial charge < -0.3 is 5.11 Å². The zero-order chi connectivity index (χ0) is 11.4. The molecule has 3 nitrogen and oxygen atoms in total. The molecule has 1 aromatic rings. The van der Waals surface area contributed by atoms with Crippen LogP contribution < -0.4 is 0 Å². The molecule has 0 bridgehead atoms. The number of hydrogen-bond donors (Lipinski definition) is 1. The van der Waals surface area contributed by atoms with Crippen molar-refractivity contribution < 1.29 is 9.90 Å². The standard InChI is InChI=1S/C11H10BrNO2/c1-7(11(14)15)4-9-5-8(6-13)2-3-10(9)12/h2-3,5,7H,4H2,1H3,(H,14,15). The molecular formula is C11H10BrNO2. The predicted octanol–water partition coefficient (Wildman–Crippen LogP) is 2.58. The lowest BCUT2D eigenvalue weighted by atomic mass is 10.00. The molecule has 0 aliphatic rings. The summed E-state index contributed by atoms with van der Waals surface area (Å²) in [6.45, 7) is 1.65. The summed E-state index contributed by atoms with van der Waals surface area (Å²) in [6.07, 6.45) is 0.422. The van der Waals surface area contributed by atoms with E-state index in [2.05, 4.69) is 15.9 Å². The molecule has 4 heteroatoms. The molecule has 0 radical (unpaired) electrons. The highest BCUT2D eigenvalue weighted by Crippen LogP contribution is 2.21. The lowest BCUT2D eigenvalue weighted by molar-refractivity contribution is -0.141. The largest absolute Gasteiger partial charge is 0.481 e. The Balaban J connectivity index is 2.94. The fourth-order valence-corrected chi connectivity index (χ4v) is 1.63. The third-order valence-corrected chi connectivity index (χ3v) is 2.90. The van der Waals surface area contributed by atoms with E-state index >= 15 is 0 Å². The van der Waals surface area contributed by atoms with Gasteiger partial charge in [-0.25, -0.2) is 0 Å². The van der Waals surface area contributed by atoms with Crippen LogP contribution in [-0.2, 0) is 11.2 Å². The van der Waals surface area contributed by atoms with E-state index in [9.17, 15) is 4.79 Å². The first kappa shape index (κ1) is 11.7. The number of hydrogen-bond acceptors (Lipinski definition) is 2. The number of benzene rings is 1. The van der Waals surface area contributed by atoms with Gasteiger partial charge >= 0.3 is 5.97 Å². The van der Waals surface area contributed by atoms with Crippen LogP contribution in [0.15, 0.2) is 22.7 Å². The second-order valence-corrected chi connectivity index (χ2v) is 4.22. The van der Waals surface area contributed by atoms with Crippen LogP contribution in [0.1, 0.15) is 18.1 Å². The van der Waals surface area contributed by atoms with E-state index < -0.39 is 11.9 Å². The molecule has 0 amide bonds. The molecule has 1 N–H and O–H groups in total. The van der Waals surface area contributed by atoms with E-state index in [1.165, 1.54) is 0 Å². The molecule has 78 valence electrons. The highest BCUT2D eigenvalue weighted by molar-refractivity contribution is 9.10. The molecule has 0 fully saturated rings. The number of rotatable bonds is 3. The van der Waals surface area contributed by atoms with Crippen molar-refractivity contribution in [2.45, 2.75) is 13.3 Å². The van der Waals surface area contributed by atoms with Gasteiger partial charge in [0.05, 0.1) is 17.6 Å². The Kier molecular flexibility index (Phi) is 3.87. The monoisotopic (exact) mass is 267 g/mol. The van der Waals surface area contributed by atoms with Crippen molar-refractivity contribution in [2.24, 2.45) is 5.92 Å². The van der Waals surface area contributed by atoms with Crippen molar-refractivity contribution in [3.63, 3.8) is 0 Å². The minimum atomic E-state index is -0.829. The molecule has 15 heavy (non-hydrogen) atoms. The Morgan fingerprint density at radius 2 is 2.33 bits per heavy atom. The van der Waals surface area contributed by atoms with Gasteiger partial charge in [0, 0.05) is 4.47 Å². The second kappa shape index (κ2) is 4.94. The van der Waals surface area contributed by atoms with E-state index in [4.69, 9.17) is 10.4 Å². The first-order valence-electron chi connectivity index (χ1n) is 4.46. The number of nitriles is 1. The van der Waals surface area contributed by atoms with Gasteiger partial charge in [-0.05, 0) is 30.2 Å². The van der Waals surface area contributed by atoms with Crippen molar-refractivity contribution in [3.05, 3.63) is 33.8 Å². The number of carboxylic acids is 1. The maximum atomic E-state index is 10.7. The number of carbonyl (C=O) groups is 1. The first-order valence-corrected chi connectivity index (χ1v) is 5.25. The van der Waals surface area contributed by atoms with Crippen molar-refractivity contribution in [2.75, 3.05) is 0 Å². The van der Waals surface area contributed by atoms with Crippen molar-refractivity contribution in [3.8, 4) is 6.07 Å². The van der Waals surface area contributed by atoms with E-state index in [0.29, 0.717) is 12.0 Å². The minimum Gasteiger partial charge on any atom is -0.481 e. The zero-order valence-electron chi connectivity index (χ0n) is 8.20. The van der Waals surface area contributed by atoms with Crippen LogP contribution >= 0.6 is 15.9 Å². The van der Waals surface area contributed by atoms with Gasteiger partial charge in [-0.15, -0.1) is 0 Å². The fraction of sp³-hybridized carbons (Fsp3) is 0.273. The summed E-state index contributed by atoms with van der Waals surface area (Å²) in [5, 5.41) is 17.5. The van der Waals surface area contributed by atoms with Crippen LogP contribution in [0.3, 0.4) is 0 Å². The van der Waals surface area contributed by atoms with Gasteiger partial charge in [0.15, 0.2) is 0 Å². The van der Waals surface area contributed by atoms with Gasteiger partial charge in [0.25, 0.3) is 0 Å². The van der Waals surface area contributed by atoms with Crippen molar-refractivity contribution in [1.29, 1.82) is 5.26 Å². The van der Waals surface area contributed by atoms with Crippen LogP contribution in [0.2, 0.25) is 0 Å². The summed E-state index contributed by atoms with van der Waals surface area (Å²) in [6, 6.07) is 7.20. The summed E-state index contributed by atoms with van der Waals surface area (Å²) in [5.74, 6) is -1.28. The summed E-state index contributed by atoms with van der Waals surface area (Å²) in [5.41, 5.74) is 1.40. The lowest BCUT2D eigenvalue weighted by Gasteiger charge is -2.08. The SMILES string of the molecule is CC(Cc1cc(C#N)ccc1Br)C(=O)O. The summed E-state index contributed by atoms with van der Waals surface area (Å²) in [7, 11) is 0. The maximum absolute atomic E-state index is 10.7. The Morgan fingerprint density at radius 3 is 2.87 bits per heavy atom. The lowest BCUT2D eigenvalue weighted by Crippen LogP contribution is -2.12. The number of carboxylic acid groups (broad SMARTS) is 1. The van der Waals surface area contributed by atoms with Crippen LogP contribution in [0, 0.1) is 17.2 Å². The maximum Gasteiger partial charge on any atom is 0.306 e. The van der Waals surface area contributed by atoms with E-state index in [0.717, 1.165) is 10.0 Å². The van der Waals surface area contributed by atoms with Crippen LogP contribution in [0.4, 0.5) is 0 Å². The van der Waals surface area contributed by atoms with Crippen molar-refractivity contribution >= 4 is 21.9 Å². The number of halogens is 1. The summed E-state index contributed by atoms with van der Waals surface area (Å²) < 4.78 is 0.842. The summed E-state index contributed by atoms with van der Waals surface area (Å²) in [4.78, 5) is 10.7. The highest BCUT2D eigenvalue weighted by atomic mass is 79.9.